The fourth-order valence-electron chi connectivity index (χ4n) is 1.91. The topological polar surface area (TPSA) is 123 Å². The number of rotatable bonds is 3. The summed E-state index contributed by atoms with van der Waals surface area (Å²) in [7, 11) is 0. The van der Waals surface area contributed by atoms with E-state index < -0.39 is 5.84 Å². The van der Waals surface area contributed by atoms with Crippen molar-refractivity contribution in [1.82, 2.24) is 0 Å². The highest BCUT2D eigenvalue weighted by Crippen LogP contribution is 2.31. The molecule has 0 aromatic heterocycles. The zero-order valence-electron chi connectivity index (χ0n) is 11.8. The summed E-state index contributed by atoms with van der Waals surface area (Å²) in [5.74, 6) is -0.398. The van der Waals surface area contributed by atoms with E-state index in [0.717, 1.165) is 0 Å². The molecule has 23 heavy (non-hydrogen) atoms. The van der Waals surface area contributed by atoms with Gasteiger partial charge in [0.2, 0.25) is 0 Å². The molecule has 0 heterocycles. The first-order valence-corrected chi connectivity index (χ1v) is 6.39. The summed E-state index contributed by atoms with van der Waals surface area (Å²) in [6, 6.07) is 19.0. The molecule has 7 nitrogen and oxygen atoms in total. The summed E-state index contributed by atoms with van der Waals surface area (Å²) in [6.07, 6.45) is 0. The SMILES string of the molecule is N#C/C(N=N)=N\N(c1ccccc1C#N)c1ccccc1C#N. The van der Waals surface area contributed by atoms with Crippen LogP contribution in [-0.4, -0.2) is 5.84 Å². The van der Waals surface area contributed by atoms with E-state index in [2.05, 4.69) is 10.2 Å². The third-order valence-electron chi connectivity index (χ3n) is 2.91. The van der Waals surface area contributed by atoms with Crippen molar-refractivity contribution in [2.75, 3.05) is 5.01 Å². The van der Waals surface area contributed by atoms with E-state index >= 15 is 0 Å². The monoisotopic (exact) mass is 299 g/mol. The van der Waals surface area contributed by atoms with Crippen LogP contribution in [0.25, 0.3) is 0 Å². The van der Waals surface area contributed by atoms with Crippen LogP contribution in [-0.2, 0) is 0 Å². The lowest BCUT2D eigenvalue weighted by atomic mass is 10.1. The lowest BCUT2D eigenvalue weighted by molar-refractivity contribution is 1.05. The maximum atomic E-state index is 9.27. The maximum Gasteiger partial charge on any atom is 0.270 e. The van der Waals surface area contributed by atoms with E-state index in [-0.39, 0.29) is 0 Å². The first kappa shape index (κ1) is 15.4. The van der Waals surface area contributed by atoms with E-state index in [1.54, 1.807) is 54.6 Å². The minimum atomic E-state index is -0.398. The van der Waals surface area contributed by atoms with Crippen molar-refractivity contribution in [3.05, 3.63) is 59.7 Å². The Morgan fingerprint density at radius 1 is 0.870 bits per heavy atom. The Kier molecular flexibility index (Phi) is 4.76. The van der Waals surface area contributed by atoms with Gasteiger partial charge in [0.25, 0.3) is 5.84 Å². The summed E-state index contributed by atoms with van der Waals surface area (Å²) in [5.41, 5.74) is 8.38. The number of nitriles is 3. The average molecular weight is 299 g/mol. The Morgan fingerprint density at radius 2 is 1.35 bits per heavy atom. The number of hydrazone groups is 1. The molecule has 0 fully saturated rings. The number of amidine groups is 1. The van der Waals surface area contributed by atoms with Crippen LogP contribution in [0.3, 0.4) is 0 Å². The van der Waals surface area contributed by atoms with Gasteiger partial charge in [-0.1, -0.05) is 24.3 Å². The molecule has 2 aromatic rings. The lowest BCUT2D eigenvalue weighted by Crippen LogP contribution is -2.14. The molecule has 0 spiro atoms. The van der Waals surface area contributed by atoms with Gasteiger partial charge in [-0.05, 0) is 24.3 Å². The number of hydrogen-bond acceptors (Lipinski definition) is 6. The molecule has 0 aliphatic carbocycles. The van der Waals surface area contributed by atoms with Crippen LogP contribution in [0.5, 0.6) is 0 Å². The van der Waals surface area contributed by atoms with Crippen molar-refractivity contribution in [2.24, 2.45) is 10.2 Å². The van der Waals surface area contributed by atoms with Crippen molar-refractivity contribution in [2.45, 2.75) is 0 Å². The molecule has 0 aliphatic heterocycles. The minimum Gasteiger partial charge on any atom is -0.228 e. The maximum absolute atomic E-state index is 9.27. The minimum absolute atomic E-state index is 0.311. The molecular formula is C16H9N7. The van der Waals surface area contributed by atoms with Crippen LogP contribution in [0.15, 0.2) is 58.7 Å². The van der Waals surface area contributed by atoms with Crippen LogP contribution in [0.1, 0.15) is 11.1 Å². The van der Waals surface area contributed by atoms with Crippen LogP contribution in [0.2, 0.25) is 0 Å². The molecule has 2 aromatic carbocycles. The van der Waals surface area contributed by atoms with Gasteiger partial charge in [0, 0.05) is 0 Å². The van der Waals surface area contributed by atoms with Gasteiger partial charge >= 0.3 is 0 Å². The number of nitrogens with one attached hydrogen (secondary N) is 1. The zero-order chi connectivity index (χ0) is 16.7. The Labute approximate surface area is 132 Å². The lowest BCUT2D eigenvalue weighted by Gasteiger charge is -2.21. The largest absolute Gasteiger partial charge is 0.270 e. The third kappa shape index (κ3) is 3.18. The van der Waals surface area contributed by atoms with Crippen LogP contribution in [0.4, 0.5) is 11.4 Å². The molecule has 0 aliphatic rings. The van der Waals surface area contributed by atoms with Gasteiger partial charge in [-0.3, -0.25) is 0 Å². The van der Waals surface area contributed by atoms with E-state index in [4.69, 9.17) is 10.8 Å². The summed E-state index contributed by atoms with van der Waals surface area (Å²) >= 11 is 0. The second-order valence-corrected chi connectivity index (χ2v) is 4.22. The highest BCUT2D eigenvalue weighted by Gasteiger charge is 2.17. The van der Waals surface area contributed by atoms with Crippen molar-refractivity contribution in [1.29, 1.82) is 21.3 Å². The highest BCUT2D eigenvalue weighted by atomic mass is 15.5. The number of para-hydroxylation sites is 2. The predicted molar refractivity (Wildman–Crippen MR) is 82.6 cm³/mol. The fourth-order valence-corrected chi connectivity index (χ4v) is 1.91. The van der Waals surface area contributed by atoms with E-state index in [1.165, 1.54) is 5.01 Å². The first-order chi connectivity index (χ1) is 11.2. The van der Waals surface area contributed by atoms with Crippen molar-refractivity contribution >= 4 is 17.2 Å². The Morgan fingerprint density at radius 3 is 1.74 bits per heavy atom. The number of benzene rings is 2. The van der Waals surface area contributed by atoms with E-state index in [9.17, 15) is 10.5 Å². The van der Waals surface area contributed by atoms with E-state index in [0.29, 0.717) is 22.5 Å². The van der Waals surface area contributed by atoms with Crippen LogP contribution < -0.4 is 5.01 Å². The van der Waals surface area contributed by atoms with Crippen molar-refractivity contribution in [3.63, 3.8) is 0 Å². The van der Waals surface area contributed by atoms with Crippen molar-refractivity contribution in [3.8, 4) is 18.2 Å². The molecular weight excluding hydrogens is 290 g/mol. The zero-order valence-corrected chi connectivity index (χ0v) is 11.8. The molecule has 108 valence electrons. The first-order valence-electron chi connectivity index (χ1n) is 6.39. The number of hydrogen-bond donors (Lipinski definition) is 1. The Balaban J connectivity index is 2.75. The molecule has 0 amide bonds. The van der Waals surface area contributed by atoms with E-state index in [1.807, 2.05) is 12.1 Å². The van der Waals surface area contributed by atoms with Gasteiger partial charge in [-0.2, -0.15) is 15.8 Å². The van der Waals surface area contributed by atoms with Crippen LogP contribution >= 0.6 is 0 Å². The Bertz CT molecular complexity index is 836. The summed E-state index contributed by atoms with van der Waals surface area (Å²) in [6.45, 7) is 0. The highest BCUT2D eigenvalue weighted by molar-refractivity contribution is 5.98. The molecule has 7 heteroatoms. The van der Waals surface area contributed by atoms with Gasteiger partial charge in [0.05, 0.1) is 22.5 Å². The standard InChI is InChI=1S/C16H9N7/c17-9-12-5-1-3-7-14(12)23(22-16(11-19)21-20)15-8-4-2-6-13(15)10-18/h1-8,20H/b21-20?,22-16+. The van der Waals surface area contributed by atoms with Crippen molar-refractivity contribution < 1.29 is 0 Å². The molecule has 0 saturated heterocycles. The summed E-state index contributed by atoms with van der Waals surface area (Å²) in [4.78, 5) is 0. The summed E-state index contributed by atoms with van der Waals surface area (Å²) in [5, 5.41) is 35.8. The third-order valence-corrected chi connectivity index (χ3v) is 2.91. The number of anilines is 2. The molecule has 0 bridgehead atoms. The van der Waals surface area contributed by atoms with Gasteiger partial charge < -0.3 is 0 Å². The quantitative estimate of drug-likeness (QED) is 0.403. The molecule has 2 rings (SSSR count). The van der Waals surface area contributed by atoms with Gasteiger partial charge in [0.15, 0.2) is 0 Å². The smallest absolute Gasteiger partial charge is 0.228 e. The molecule has 0 radical (unpaired) electrons. The second-order valence-electron chi connectivity index (χ2n) is 4.22. The van der Waals surface area contributed by atoms with Gasteiger partial charge in [-0.15, -0.1) is 10.2 Å². The van der Waals surface area contributed by atoms with Gasteiger partial charge in [0.1, 0.15) is 18.2 Å². The molecule has 0 unspecified atom stereocenters. The van der Waals surface area contributed by atoms with Crippen LogP contribution in [0, 0.1) is 39.5 Å². The molecule has 1 N–H and O–H groups in total. The average Bonchev–Trinajstić information content (AvgIpc) is 2.63. The Hall–Kier alpha value is -4.02. The predicted octanol–water partition coefficient (Wildman–Crippen LogP) is 3.44. The number of nitrogens with zero attached hydrogens (tertiary/aromatic N) is 6. The molecule has 0 saturated carbocycles. The summed E-state index contributed by atoms with van der Waals surface area (Å²) < 4.78 is 0. The second kappa shape index (κ2) is 7.12. The van der Waals surface area contributed by atoms with Gasteiger partial charge in [-0.25, -0.2) is 10.5 Å². The normalized spacial score (nSPS) is 10.0. The molecule has 0 atom stereocenters. The fraction of sp³-hybridized carbons (Fsp3) is 0.